The number of hydrogen-bond acceptors (Lipinski definition) is 2. The molecule has 1 amide bonds. The second-order valence-electron chi connectivity index (χ2n) is 5.63. The van der Waals surface area contributed by atoms with Crippen LogP contribution < -0.4 is 5.32 Å². The molecule has 0 aliphatic rings. The Morgan fingerprint density at radius 1 is 1.09 bits per heavy atom. The van der Waals surface area contributed by atoms with Crippen molar-refractivity contribution in [2.75, 3.05) is 14.1 Å². The van der Waals surface area contributed by atoms with E-state index >= 15 is 0 Å². The Kier molecular flexibility index (Phi) is 6.56. The van der Waals surface area contributed by atoms with Gasteiger partial charge in [0, 0.05) is 23.6 Å². The summed E-state index contributed by atoms with van der Waals surface area (Å²) in [6.07, 6.45) is 3.36. The van der Waals surface area contributed by atoms with E-state index in [2.05, 4.69) is 50.4 Å². The topological polar surface area (TPSA) is 32.3 Å². The van der Waals surface area contributed by atoms with Crippen molar-refractivity contribution in [3.05, 3.63) is 75.8 Å². The van der Waals surface area contributed by atoms with Crippen LogP contribution in [0.1, 0.15) is 16.7 Å². The predicted molar refractivity (Wildman–Crippen MR) is 98.9 cm³/mol. The van der Waals surface area contributed by atoms with Crippen molar-refractivity contribution < 1.29 is 4.79 Å². The molecule has 120 valence electrons. The first-order chi connectivity index (χ1) is 11.0. The van der Waals surface area contributed by atoms with Crippen molar-refractivity contribution in [3.8, 4) is 0 Å². The number of hydrogen-bond donors (Lipinski definition) is 1. The summed E-state index contributed by atoms with van der Waals surface area (Å²) < 4.78 is 0.973. The summed E-state index contributed by atoms with van der Waals surface area (Å²) in [5, 5.41) is 2.90. The zero-order chi connectivity index (χ0) is 16.7. The van der Waals surface area contributed by atoms with E-state index in [0.29, 0.717) is 6.54 Å². The van der Waals surface area contributed by atoms with Gasteiger partial charge in [-0.05, 0) is 42.9 Å². The third kappa shape index (κ3) is 6.00. The van der Waals surface area contributed by atoms with Gasteiger partial charge >= 0.3 is 0 Å². The molecule has 2 aromatic carbocycles. The Labute approximate surface area is 146 Å². The van der Waals surface area contributed by atoms with Gasteiger partial charge in [0.05, 0.1) is 0 Å². The summed E-state index contributed by atoms with van der Waals surface area (Å²) >= 11 is 3.46. The second-order valence-corrected chi connectivity index (χ2v) is 6.48. The maximum Gasteiger partial charge on any atom is 0.244 e. The quantitative estimate of drug-likeness (QED) is 0.781. The molecule has 0 bridgehead atoms. The van der Waals surface area contributed by atoms with Crippen molar-refractivity contribution in [3.63, 3.8) is 0 Å². The number of carbonyl (C=O) groups excluding carboxylic acids is 1. The van der Waals surface area contributed by atoms with Crippen molar-refractivity contribution in [2.24, 2.45) is 0 Å². The van der Waals surface area contributed by atoms with Gasteiger partial charge in [0.25, 0.3) is 0 Å². The van der Waals surface area contributed by atoms with Crippen LogP contribution in [0.2, 0.25) is 0 Å². The predicted octanol–water partition coefficient (Wildman–Crippen LogP) is 3.84. The average Bonchev–Trinajstić information content (AvgIpc) is 2.53. The van der Waals surface area contributed by atoms with Crippen LogP contribution >= 0.6 is 15.9 Å². The summed E-state index contributed by atoms with van der Waals surface area (Å²) in [6, 6.07) is 16.1. The molecule has 23 heavy (non-hydrogen) atoms. The van der Waals surface area contributed by atoms with E-state index < -0.39 is 0 Å². The fraction of sp³-hybridized carbons (Fsp3) is 0.211. The highest BCUT2D eigenvalue weighted by Gasteiger charge is 2.00. The number of benzene rings is 2. The van der Waals surface area contributed by atoms with Crippen LogP contribution in [0.5, 0.6) is 0 Å². The van der Waals surface area contributed by atoms with Crippen LogP contribution in [0.3, 0.4) is 0 Å². The summed E-state index contributed by atoms with van der Waals surface area (Å²) in [7, 11) is 4.09. The third-order valence-electron chi connectivity index (χ3n) is 3.31. The van der Waals surface area contributed by atoms with Crippen LogP contribution in [-0.4, -0.2) is 24.9 Å². The maximum absolute atomic E-state index is 11.9. The lowest BCUT2D eigenvalue weighted by Gasteiger charge is -2.10. The molecule has 2 aromatic rings. The first-order valence-corrected chi connectivity index (χ1v) is 8.27. The molecule has 1 N–H and O–H groups in total. The van der Waals surface area contributed by atoms with Crippen LogP contribution in [0, 0.1) is 0 Å². The molecule has 0 unspecified atom stereocenters. The molecule has 0 saturated heterocycles. The summed E-state index contributed by atoms with van der Waals surface area (Å²) in [6.45, 7) is 1.45. The van der Waals surface area contributed by atoms with Crippen molar-refractivity contribution in [2.45, 2.75) is 13.1 Å². The lowest BCUT2D eigenvalue weighted by atomic mass is 10.1. The molecule has 0 aliphatic heterocycles. The Balaban J connectivity index is 1.86. The van der Waals surface area contributed by atoms with E-state index in [4.69, 9.17) is 0 Å². The zero-order valence-corrected chi connectivity index (χ0v) is 15.0. The minimum Gasteiger partial charge on any atom is -0.348 e. The molecule has 0 atom stereocenters. The third-order valence-corrected chi connectivity index (χ3v) is 4.03. The molecular weight excluding hydrogens is 352 g/mol. The van der Waals surface area contributed by atoms with E-state index in [-0.39, 0.29) is 5.91 Å². The van der Waals surface area contributed by atoms with Gasteiger partial charge in [-0.1, -0.05) is 58.4 Å². The molecule has 0 radical (unpaired) electrons. The van der Waals surface area contributed by atoms with E-state index in [1.807, 2.05) is 38.4 Å². The molecule has 0 aromatic heterocycles. The fourth-order valence-electron chi connectivity index (χ4n) is 2.15. The summed E-state index contributed by atoms with van der Waals surface area (Å²) in [4.78, 5) is 14.0. The zero-order valence-electron chi connectivity index (χ0n) is 13.4. The van der Waals surface area contributed by atoms with Gasteiger partial charge in [0.15, 0.2) is 0 Å². The van der Waals surface area contributed by atoms with Crippen molar-refractivity contribution in [1.29, 1.82) is 0 Å². The van der Waals surface area contributed by atoms with Crippen LogP contribution in [-0.2, 0) is 17.9 Å². The van der Waals surface area contributed by atoms with Gasteiger partial charge in [-0.2, -0.15) is 0 Å². The van der Waals surface area contributed by atoms with Gasteiger partial charge in [-0.15, -0.1) is 0 Å². The highest BCUT2D eigenvalue weighted by atomic mass is 79.9. The van der Waals surface area contributed by atoms with Crippen LogP contribution in [0.4, 0.5) is 0 Å². The number of carbonyl (C=O) groups is 1. The SMILES string of the molecule is CN(C)Cc1ccc(CNC(=O)/C=C/c2ccccc2Br)cc1. The molecule has 0 saturated carbocycles. The molecule has 0 aliphatic carbocycles. The van der Waals surface area contributed by atoms with E-state index in [9.17, 15) is 4.79 Å². The highest BCUT2D eigenvalue weighted by Crippen LogP contribution is 2.16. The molecule has 0 spiro atoms. The van der Waals surface area contributed by atoms with E-state index in [0.717, 1.165) is 22.1 Å². The Morgan fingerprint density at radius 2 is 1.74 bits per heavy atom. The number of halogens is 1. The summed E-state index contributed by atoms with van der Waals surface area (Å²) in [5.74, 6) is -0.0990. The lowest BCUT2D eigenvalue weighted by Crippen LogP contribution is -2.20. The smallest absolute Gasteiger partial charge is 0.244 e. The Bertz CT molecular complexity index is 678. The van der Waals surface area contributed by atoms with Crippen molar-refractivity contribution >= 4 is 27.9 Å². The van der Waals surface area contributed by atoms with Gasteiger partial charge in [0.1, 0.15) is 0 Å². The molecule has 0 fully saturated rings. The number of nitrogens with zero attached hydrogens (tertiary/aromatic N) is 1. The average molecular weight is 373 g/mol. The second kappa shape index (κ2) is 8.65. The standard InChI is InChI=1S/C19H21BrN2O/c1-22(2)14-16-9-7-15(8-10-16)13-21-19(23)12-11-17-5-3-4-6-18(17)20/h3-12H,13-14H2,1-2H3,(H,21,23)/b12-11+. The first kappa shape index (κ1) is 17.4. The normalized spacial score (nSPS) is 11.1. The summed E-state index contributed by atoms with van der Waals surface area (Å²) in [5.41, 5.74) is 3.34. The highest BCUT2D eigenvalue weighted by molar-refractivity contribution is 9.10. The van der Waals surface area contributed by atoms with Gasteiger partial charge < -0.3 is 10.2 Å². The minimum atomic E-state index is -0.0990. The van der Waals surface area contributed by atoms with Crippen LogP contribution in [0.25, 0.3) is 6.08 Å². The molecule has 2 rings (SSSR count). The van der Waals surface area contributed by atoms with E-state index in [1.54, 1.807) is 12.2 Å². The Morgan fingerprint density at radius 3 is 2.39 bits per heavy atom. The Hall–Kier alpha value is -1.91. The maximum atomic E-state index is 11.9. The van der Waals surface area contributed by atoms with Crippen molar-refractivity contribution in [1.82, 2.24) is 10.2 Å². The van der Waals surface area contributed by atoms with Crippen LogP contribution in [0.15, 0.2) is 59.1 Å². The first-order valence-electron chi connectivity index (χ1n) is 7.47. The monoisotopic (exact) mass is 372 g/mol. The van der Waals surface area contributed by atoms with Gasteiger partial charge in [-0.3, -0.25) is 4.79 Å². The molecule has 3 nitrogen and oxygen atoms in total. The molecule has 4 heteroatoms. The van der Waals surface area contributed by atoms with Gasteiger partial charge in [0.2, 0.25) is 5.91 Å². The largest absolute Gasteiger partial charge is 0.348 e. The fourth-order valence-corrected chi connectivity index (χ4v) is 2.57. The number of amides is 1. The minimum absolute atomic E-state index is 0.0990. The van der Waals surface area contributed by atoms with E-state index in [1.165, 1.54) is 5.56 Å². The molecular formula is C19H21BrN2O. The number of rotatable bonds is 6. The lowest BCUT2D eigenvalue weighted by molar-refractivity contribution is -0.116. The number of nitrogens with one attached hydrogen (secondary N) is 1. The molecule has 0 heterocycles. The van der Waals surface area contributed by atoms with Gasteiger partial charge in [-0.25, -0.2) is 0 Å².